The average Bonchev–Trinajstić information content (AvgIpc) is 3.04. The van der Waals surface area contributed by atoms with E-state index in [4.69, 9.17) is 10.00 Å². The highest BCUT2D eigenvalue weighted by Gasteiger charge is 2.37. The topological polar surface area (TPSA) is 53.3 Å². The average molecular weight is 208 g/mol. The summed E-state index contributed by atoms with van der Waals surface area (Å²) in [5.41, 5.74) is 0. The molecule has 1 amide bonds. The third-order valence-electron chi connectivity index (χ3n) is 3.04. The first-order valence-electron chi connectivity index (χ1n) is 5.59. The molecule has 0 atom stereocenters. The summed E-state index contributed by atoms with van der Waals surface area (Å²) in [5.74, 6) is 0.00639. The molecule has 4 heteroatoms. The third-order valence-corrected chi connectivity index (χ3v) is 3.04. The van der Waals surface area contributed by atoms with E-state index < -0.39 is 0 Å². The van der Waals surface area contributed by atoms with E-state index in [0.717, 1.165) is 38.9 Å². The smallest absolute Gasteiger partial charge is 0.237 e. The zero-order valence-electron chi connectivity index (χ0n) is 8.82. The van der Waals surface area contributed by atoms with Crippen LogP contribution in [0, 0.1) is 11.3 Å². The molecule has 1 saturated heterocycles. The molecule has 2 fully saturated rings. The van der Waals surface area contributed by atoms with Crippen molar-refractivity contribution in [2.75, 3.05) is 13.2 Å². The highest BCUT2D eigenvalue weighted by Crippen LogP contribution is 2.31. The van der Waals surface area contributed by atoms with Gasteiger partial charge in [-0.2, -0.15) is 5.26 Å². The fraction of sp³-hybridized carbons (Fsp3) is 0.818. The van der Waals surface area contributed by atoms with Gasteiger partial charge in [0.15, 0.2) is 0 Å². The number of carbonyl (C=O) groups is 1. The minimum atomic E-state index is 0.00639. The second-order valence-corrected chi connectivity index (χ2v) is 4.21. The van der Waals surface area contributed by atoms with Crippen molar-refractivity contribution in [3.05, 3.63) is 0 Å². The molecule has 1 heterocycles. The van der Waals surface area contributed by atoms with Crippen molar-refractivity contribution in [1.29, 1.82) is 5.26 Å². The molecule has 1 saturated carbocycles. The van der Waals surface area contributed by atoms with Crippen LogP contribution in [-0.4, -0.2) is 36.1 Å². The van der Waals surface area contributed by atoms with Gasteiger partial charge in [-0.05, 0) is 25.7 Å². The van der Waals surface area contributed by atoms with E-state index in [1.807, 2.05) is 11.0 Å². The molecule has 1 aliphatic heterocycles. The van der Waals surface area contributed by atoms with Crippen LogP contribution in [0.3, 0.4) is 0 Å². The molecule has 2 aliphatic rings. The lowest BCUT2D eigenvalue weighted by Gasteiger charge is -2.34. The first kappa shape index (κ1) is 10.4. The largest absolute Gasteiger partial charge is 0.381 e. The van der Waals surface area contributed by atoms with Crippen molar-refractivity contribution in [3.8, 4) is 6.07 Å². The quantitative estimate of drug-likeness (QED) is 0.697. The Morgan fingerprint density at radius 2 is 1.87 bits per heavy atom. The zero-order valence-corrected chi connectivity index (χ0v) is 8.82. The molecule has 0 radical (unpaired) electrons. The predicted molar refractivity (Wildman–Crippen MR) is 53.9 cm³/mol. The normalized spacial score (nSPS) is 22.1. The van der Waals surface area contributed by atoms with Crippen molar-refractivity contribution in [2.24, 2.45) is 0 Å². The van der Waals surface area contributed by atoms with E-state index in [2.05, 4.69) is 0 Å². The minimum absolute atomic E-state index is 0.00639. The van der Waals surface area contributed by atoms with E-state index in [9.17, 15) is 4.79 Å². The lowest BCUT2D eigenvalue weighted by molar-refractivity contribution is -0.135. The molecule has 0 bridgehead atoms. The van der Waals surface area contributed by atoms with Crippen LogP contribution in [0.1, 0.15) is 32.1 Å². The van der Waals surface area contributed by atoms with Crippen molar-refractivity contribution >= 4 is 5.91 Å². The SMILES string of the molecule is N#CCC(=O)N(C1CCOCC1)C1CC1. The summed E-state index contributed by atoms with van der Waals surface area (Å²) < 4.78 is 5.29. The lowest BCUT2D eigenvalue weighted by atomic mass is 10.1. The maximum atomic E-state index is 11.8. The van der Waals surface area contributed by atoms with Crippen LogP contribution in [0.5, 0.6) is 0 Å². The van der Waals surface area contributed by atoms with Gasteiger partial charge in [-0.15, -0.1) is 0 Å². The number of rotatable bonds is 3. The maximum Gasteiger partial charge on any atom is 0.237 e. The van der Waals surface area contributed by atoms with Gasteiger partial charge in [-0.25, -0.2) is 0 Å². The Labute approximate surface area is 89.8 Å². The molecule has 82 valence electrons. The van der Waals surface area contributed by atoms with E-state index in [1.165, 1.54) is 0 Å². The Morgan fingerprint density at radius 3 is 2.40 bits per heavy atom. The van der Waals surface area contributed by atoms with E-state index in [0.29, 0.717) is 12.1 Å². The molecule has 0 aromatic carbocycles. The van der Waals surface area contributed by atoms with Gasteiger partial charge in [-0.3, -0.25) is 4.79 Å². The molecule has 0 unspecified atom stereocenters. The Bertz CT molecular complexity index is 275. The number of hydrogen-bond acceptors (Lipinski definition) is 3. The van der Waals surface area contributed by atoms with Crippen molar-refractivity contribution in [1.82, 2.24) is 4.90 Å². The van der Waals surface area contributed by atoms with Crippen LogP contribution in [0.2, 0.25) is 0 Å². The number of ether oxygens (including phenoxy) is 1. The number of carbonyl (C=O) groups excluding carboxylic acids is 1. The summed E-state index contributed by atoms with van der Waals surface area (Å²) in [7, 11) is 0. The van der Waals surface area contributed by atoms with Crippen LogP contribution in [0.25, 0.3) is 0 Å². The van der Waals surface area contributed by atoms with Gasteiger partial charge in [0.2, 0.25) is 5.91 Å². The van der Waals surface area contributed by atoms with Crippen molar-refractivity contribution in [2.45, 2.75) is 44.2 Å². The fourth-order valence-electron chi connectivity index (χ4n) is 2.18. The number of hydrogen-bond donors (Lipinski definition) is 0. The van der Waals surface area contributed by atoms with Gasteiger partial charge in [0, 0.05) is 25.3 Å². The minimum Gasteiger partial charge on any atom is -0.381 e. The van der Waals surface area contributed by atoms with Gasteiger partial charge in [-0.1, -0.05) is 0 Å². The van der Waals surface area contributed by atoms with Crippen molar-refractivity contribution < 1.29 is 9.53 Å². The molecule has 1 aliphatic carbocycles. The van der Waals surface area contributed by atoms with Gasteiger partial charge in [0.25, 0.3) is 0 Å². The Balaban J connectivity index is 1.98. The van der Waals surface area contributed by atoms with Crippen LogP contribution in [0.4, 0.5) is 0 Å². The monoisotopic (exact) mass is 208 g/mol. The predicted octanol–water partition coefficient (Wildman–Crippen LogP) is 1.07. The maximum absolute atomic E-state index is 11.8. The molecule has 0 aromatic heterocycles. The first-order chi connectivity index (χ1) is 7.33. The highest BCUT2D eigenvalue weighted by molar-refractivity contribution is 5.79. The second kappa shape index (κ2) is 4.63. The molecule has 0 N–H and O–H groups in total. The zero-order chi connectivity index (χ0) is 10.7. The first-order valence-corrected chi connectivity index (χ1v) is 5.59. The van der Waals surface area contributed by atoms with E-state index >= 15 is 0 Å². The summed E-state index contributed by atoms with van der Waals surface area (Å²) >= 11 is 0. The molecule has 2 rings (SSSR count). The van der Waals surface area contributed by atoms with Gasteiger partial charge in [0.05, 0.1) is 6.07 Å². The fourth-order valence-corrected chi connectivity index (χ4v) is 2.18. The molecule has 15 heavy (non-hydrogen) atoms. The third kappa shape index (κ3) is 2.48. The van der Waals surface area contributed by atoms with E-state index in [-0.39, 0.29) is 12.3 Å². The summed E-state index contributed by atoms with van der Waals surface area (Å²) in [6, 6.07) is 2.67. The van der Waals surface area contributed by atoms with Crippen LogP contribution < -0.4 is 0 Å². The Morgan fingerprint density at radius 1 is 1.27 bits per heavy atom. The Hall–Kier alpha value is -1.08. The molecular weight excluding hydrogens is 192 g/mol. The Kier molecular flexibility index (Phi) is 3.22. The van der Waals surface area contributed by atoms with E-state index in [1.54, 1.807) is 0 Å². The number of nitrogens with zero attached hydrogens (tertiary/aromatic N) is 2. The second-order valence-electron chi connectivity index (χ2n) is 4.21. The molecule has 0 aromatic rings. The molecule has 0 spiro atoms. The van der Waals surface area contributed by atoms with Crippen LogP contribution in [0.15, 0.2) is 0 Å². The van der Waals surface area contributed by atoms with Gasteiger partial charge < -0.3 is 9.64 Å². The number of amides is 1. The summed E-state index contributed by atoms with van der Waals surface area (Å²) in [5, 5.41) is 8.56. The van der Waals surface area contributed by atoms with Crippen LogP contribution in [-0.2, 0) is 9.53 Å². The summed E-state index contributed by atoms with van der Waals surface area (Å²) in [6.45, 7) is 1.49. The lowest BCUT2D eigenvalue weighted by Crippen LogP contribution is -2.44. The van der Waals surface area contributed by atoms with Crippen molar-refractivity contribution in [3.63, 3.8) is 0 Å². The highest BCUT2D eigenvalue weighted by atomic mass is 16.5. The molecular formula is C11H16N2O2. The number of nitriles is 1. The van der Waals surface area contributed by atoms with Gasteiger partial charge in [0.1, 0.15) is 6.42 Å². The molecule has 4 nitrogen and oxygen atoms in total. The van der Waals surface area contributed by atoms with Gasteiger partial charge >= 0.3 is 0 Å². The standard InChI is InChI=1S/C11H16N2O2/c12-6-3-11(14)13(9-1-2-9)10-4-7-15-8-5-10/h9-10H,1-5,7-8H2. The van der Waals surface area contributed by atoms with Crippen LogP contribution >= 0.6 is 0 Å². The summed E-state index contributed by atoms with van der Waals surface area (Å²) in [4.78, 5) is 13.7. The summed E-state index contributed by atoms with van der Waals surface area (Å²) in [6.07, 6.45) is 4.08.